The number of aromatic nitrogens is 4. The molecule has 5 rings (SSSR count). The SMILES string of the molecule is C1=Cc2cc3ccc(cc4nc(cc5ccc(cc1n2)[nH]5)C=C4)[nH]3.O=NO[O-].O=NO[O-].O=NO[O-].[Fe+3]. The Labute approximate surface area is 216 Å². The number of nitrogens with zero attached hydrogens (tertiary/aromatic N) is 5. The maximum atomic E-state index is 8.39. The average molecular weight is 552 g/mol. The number of H-pyrrole nitrogens is 2. The van der Waals surface area contributed by atoms with E-state index in [0.29, 0.717) is 0 Å². The Hall–Kier alpha value is -4.80. The molecule has 191 valence electrons. The van der Waals surface area contributed by atoms with Crippen LogP contribution in [-0.2, 0) is 32.0 Å². The predicted octanol–water partition coefficient (Wildman–Crippen LogP) is 1.53. The summed E-state index contributed by atoms with van der Waals surface area (Å²) in [6, 6.07) is 16.4. The molecule has 0 atom stereocenters. The van der Waals surface area contributed by atoms with Gasteiger partial charge in [-0.15, -0.1) is 14.7 Å². The van der Waals surface area contributed by atoms with Crippen molar-refractivity contribution in [3.05, 3.63) is 86.0 Å². The molecule has 2 aliphatic rings. The van der Waals surface area contributed by atoms with Crippen molar-refractivity contribution in [2.75, 3.05) is 0 Å². The Balaban J connectivity index is 0.000000449. The van der Waals surface area contributed by atoms with E-state index in [0.717, 1.165) is 44.8 Å². The van der Waals surface area contributed by atoms with Gasteiger partial charge >= 0.3 is 17.1 Å². The van der Waals surface area contributed by atoms with E-state index >= 15 is 0 Å². The molecule has 17 heteroatoms. The van der Waals surface area contributed by atoms with Crippen molar-refractivity contribution >= 4 is 46.4 Å². The molecular formula is C20H14FeN7O9. The van der Waals surface area contributed by atoms with Crippen LogP contribution in [0.3, 0.4) is 0 Å². The van der Waals surface area contributed by atoms with E-state index in [4.69, 9.17) is 30.5 Å². The third-order valence-corrected chi connectivity index (χ3v) is 4.13. The first-order valence-electron chi connectivity index (χ1n) is 9.44. The molecule has 0 amide bonds. The summed E-state index contributed by atoms with van der Waals surface area (Å²) in [5.74, 6) is 0. The monoisotopic (exact) mass is 552 g/mol. The van der Waals surface area contributed by atoms with Gasteiger partial charge in [-0.3, -0.25) is 0 Å². The number of nitrogens with one attached hydrogen (secondary N) is 2. The van der Waals surface area contributed by atoms with Crippen molar-refractivity contribution in [1.82, 2.24) is 19.9 Å². The van der Waals surface area contributed by atoms with Crippen molar-refractivity contribution in [3.8, 4) is 0 Å². The summed E-state index contributed by atoms with van der Waals surface area (Å²) >= 11 is 0. The first-order chi connectivity index (χ1) is 17.5. The molecule has 2 aliphatic heterocycles. The van der Waals surface area contributed by atoms with Gasteiger partial charge in [-0.1, -0.05) is 0 Å². The van der Waals surface area contributed by atoms with Crippen LogP contribution in [0.2, 0.25) is 0 Å². The standard InChI is InChI=1S/C20H14N4.Fe.3HNO3/c1-2-14-10-16-5-6-18(23-16)12-20-8-7-19(24-20)11-17-4-3-15(22-17)9-13(1)21-14;;3*2-1-4-3/h1-12,21,24H;;3*3H/q;+3;;;/p-3. The van der Waals surface area contributed by atoms with Crippen molar-refractivity contribution in [2.24, 2.45) is 16.0 Å². The fraction of sp³-hybridized carbons (Fsp3) is 0. The zero-order chi connectivity index (χ0) is 26.2. The molecule has 0 aliphatic carbocycles. The summed E-state index contributed by atoms with van der Waals surface area (Å²) in [5.41, 5.74) is 7.86. The van der Waals surface area contributed by atoms with Gasteiger partial charge in [-0.2, -0.15) is 0 Å². The fourth-order valence-corrected chi connectivity index (χ4v) is 2.94. The largest absolute Gasteiger partial charge is 3.00 e. The third-order valence-electron chi connectivity index (χ3n) is 4.13. The Morgan fingerprint density at radius 2 is 0.757 bits per heavy atom. The summed E-state index contributed by atoms with van der Waals surface area (Å²) in [6.07, 6.45) is 8.09. The van der Waals surface area contributed by atoms with Gasteiger partial charge in [-0.25, -0.2) is 9.97 Å². The number of hydrogen-bond donors (Lipinski definition) is 2. The summed E-state index contributed by atoms with van der Waals surface area (Å²) in [4.78, 5) is 48.3. The van der Waals surface area contributed by atoms with Crippen molar-refractivity contribution in [1.29, 1.82) is 0 Å². The molecular weight excluding hydrogens is 538 g/mol. The van der Waals surface area contributed by atoms with Gasteiger partial charge in [0.15, 0.2) is 0 Å². The van der Waals surface area contributed by atoms with Gasteiger partial charge in [0.25, 0.3) is 0 Å². The van der Waals surface area contributed by atoms with E-state index in [2.05, 4.69) is 59.2 Å². The topological polar surface area (TPSA) is 243 Å². The summed E-state index contributed by atoms with van der Waals surface area (Å²) < 4.78 is 0. The normalized spacial score (nSPS) is 9.92. The Kier molecular flexibility index (Phi) is 13.7. The molecule has 0 spiro atoms. The molecule has 16 nitrogen and oxygen atoms in total. The predicted molar refractivity (Wildman–Crippen MR) is 119 cm³/mol. The van der Waals surface area contributed by atoms with E-state index in [-0.39, 0.29) is 17.1 Å². The molecule has 0 saturated heterocycles. The van der Waals surface area contributed by atoms with Crippen LogP contribution in [-0.4, -0.2) is 19.9 Å². The van der Waals surface area contributed by atoms with Crippen LogP contribution in [0.25, 0.3) is 46.4 Å². The van der Waals surface area contributed by atoms with Gasteiger partial charge < -0.3 is 40.7 Å². The molecule has 2 N–H and O–H groups in total. The minimum atomic E-state index is 0. The Morgan fingerprint density at radius 3 is 0.946 bits per heavy atom. The second kappa shape index (κ2) is 16.8. The number of fused-ring (bicyclic) bond motifs is 8. The van der Waals surface area contributed by atoms with Crippen LogP contribution in [0.15, 0.2) is 64.6 Å². The molecule has 0 saturated carbocycles. The second-order valence-electron chi connectivity index (χ2n) is 6.35. The van der Waals surface area contributed by atoms with Gasteiger partial charge in [0.2, 0.25) is 0 Å². The molecule has 37 heavy (non-hydrogen) atoms. The maximum absolute atomic E-state index is 8.39. The van der Waals surface area contributed by atoms with E-state index in [1.165, 1.54) is 16.0 Å². The zero-order valence-electron chi connectivity index (χ0n) is 18.2. The van der Waals surface area contributed by atoms with E-state index in [9.17, 15) is 0 Å². The molecule has 1 radical (unpaired) electrons. The van der Waals surface area contributed by atoms with E-state index < -0.39 is 0 Å². The summed E-state index contributed by atoms with van der Waals surface area (Å²) in [6.45, 7) is 0. The smallest absolute Gasteiger partial charge is 0.635 e. The van der Waals surface area contributed by atoms with Crippen molar-refractivity contribution in [2.45, 2.75) is 0 Å². The van der Waals surface area contributed by atoms with Crippen LogP contribution in [0.5, 0.6) is 0 Å². The average Bonchev–Trinajstić information content (AvgIpc) is 3.71. The van der Waals surface area contributed by atoms with Crippen LogP contribution in [0.4, 0.5) is 0 Å². The first kappa shape index (κ1) is 30.2. The maximum Gasteiger partial charge on any atom is 3.00 e. The van der Waals surface area contributed by atoms with Crippen LogP contribution < -0.4 is 15.8 Å². The third kappa shape index (κ3) is 10.6. The minimum Gasteiger partial charge on any atom is -0.635 e. The summed E-state index contributed by atoms with van der Waals surface area (Å²) in [7, 11) is 0. The van der Waals surface area contributed by atoms with Crippen LogP contribution in [0, 0.1) is 14.7 Å². The van der Waals surface area contributed by atoms with Gasteiger partial charge in [-0.05, 0) is 72.8 Å². The summed E-state index contributed by atoms with van der Waals surface area (Å²) in [5, 5.41) is 29.2. The molecule has 0 unspecified atom stereocenters. The van der Waals surface area contributed by atoms with Gasteiger partial charge in [0.1, 0.15) is 16.0 Å². The molecule has 3 aromatic rings. The van der Waals surface area contributed by atoms with Crippen molar-refractivity contribution < 1.29 is 47.8 Å². The molecule has 5 heterocycles. The minimum absolute atomic E-state index is 0. The second-order valence-corrected chi connectivity index (χ2v) is 6.35. The van der Waals surface area contributed by atoms with Gasteiger partial charge in [0, 0.05) is 22.1 Å². The Bertz CT molecular complexity index is 1200. The van der Waals surface area contributed by atoms with Crippen LogP contribution >= 0.6 is 0 Å². The Morgan fingerprint density at radius 1 is 0.541 bits per heavy atom. The van der Waals surface area contributed by atoms with Crippen LogP contribution in [0.1, 0.15) is 22.8 Å². The van der Waals surface area contributed by atoms with Gasteiger partial charge in [0.05, 0.1) is 22.8 Å². The molecule has 0 fully saturated rings. The quantitative estimate of drug-likeness (QED) is 0.141. The van der Waals surface area contributed by atoms with E-state index in [1.807, 2.05) is 48.6 Å². The number of hydrogen-bond acceptors (Lipinski definition) is 14. The van der Waals surface area contributed by atoms with E-state index in [1.54, 1.807) is 0 Å². The number of aromatic amines is 2. The molecule has 0 aromatic carbocycles. The van der Waals surface area contributed by atoms with Crippen molar-refractivity contribution in [3.63, 3.8) is 0 Å². The number of rotatable bonds is 3. The molecule has 8 bridgehead atoms. The zero-order valence-corrected chi connectivity index (χ0v) is 19.3. The molecule has 3 aromatic heterocycles. The first-order valence-corrected chi connectivity index (χ1v) is 9.44. The fourth-order valence-electron chi connectivity index (χ4n) is 2.94.